The minimum absolute atomic E-state index is 0.0156. The Hall–Kier alpha value is -2.41. The lowest BCUT2D eigenvalue weighted by Crippen LogP contribution is -2.40. The van der Waals surface area contributed by atoms with Crippen LogP contribution in [0.15, 0.2) is 30.3 Å². The van der Waals surface area contributed by atoms with Gasteiger partial charge < -0.3 is 15.6 Å². The third-order valence-electron chi connectivity index (χ3n) is 2.42. The lowest BCUT2D eigenvalue weighted by atomic mass is 10.2. The van der Waals surface area contributed by atoms with Crippen molar-refractivity contribution in [1.82, 2.24) is 4.90 Å². The Balaban J connectivity index is 2.50. The Labute approximate surface area is 115 Å². The molecule has 108 valence electrons. The average Bonchev–Trinajstić information content (AvgIpc) is 2.43. The molecule has 0 aliphatic carbocycles. The molecule has 7 heteroatoms. The Morgan fingerprint density at radius 1 is 1.20 bits per heavy atom. The fourth-order valence-corrected chi connectivity index (χ4v) is 1.43. The number of amides is 2. The Bertz CT molecular complexity index is 475. The number of esters is 1. The maximum absolute atomic E-state index is 11.5. The number of nitrogens with zero attached hydrogens (tertiary/aromatic N) is 1. The van der Waals surface area contributed by atoms with E-state index in [0.717, 1.165) is 5.56 Å². The van der Waals surface area contributed by atoms with Crippen LogP contribution >= 0.6 is 0 Å². The van der Waals surface area contributed by atoms with Gasteiger partial charge in [0.25, 0.3) is 0 Å². The summed E-state index contributed by atoms with van der Waals surface area (Å²) in [5.41, 5.74) is 5.95. The number of carboxylic acid groups (broad SMARTS) is 1. The minimum Gasteiger partial charge on any atom is -0.465 e. The molecule has 3 N–H and O–H groups in total. The highest BCUT2D eigenvalue weighted by molar-refractivity contribution is 5.94. The van der Waals surface area contributed by atoms with E-state index in [0.29, 0.717) is 4.90 Å². The predicted octanol–water partition coefficient (Wildman–Crippen LogP) is 0.585. The zero-order valence-corrected chi connectivity index (χ0v) is 10.8. The summed E-state index contributed by atoms with van der Waals surface area (Å²) >= 11 is 0. The summed E-state index contributed by atoms with van der Waals surface area (Å²) in [5, 5.41) is 8.86. The Morgan fingerprint density at radius 3 is 2.40 bits per heavy atom. The third kappa shape index (κ3) is 5.07. The predicted molar refractivity (Wildman–Crippen MR) is 69.6 cm³/mol. The quantitative estimate of drug-likeness (QED) is 0.738. The zero-order valence-electron chi connectivity index (χ0n) is 10.8. The molecule has 1 rings (SSSR count). The van der Waals surface area contributed by atoms with Crippen LogP contribution in [0.25, 0.3) is 0 Å². The van der Waals surface area contributed by atoms with Crippen LogP contribution in [0.1, 0.15) is 12.0 Å². The van der Waals surface area contributed by atoms with Crippen LogP contribution in [0.5, 0.6) is 0 Å². The van der Waals surface area contributed by atoms with E-state index in [2.05, 4.69) is 0 Å². The SMILES string of the molecule is NCCC(=O)N(CC(=O)OCc1ccccc1)C(=O)O. The highest BCUT2D eigenvalue weighted by Gasteiger charge is 2.23. The van der Waals surface area contributed by atoms with Crippen molar-refractivity contribution in [2.24, 2.45) is 5.73 Å². The van der Waals surface area contributed by atoms with Crippen molar-refractivity contribution in [2.75, 3.05) is 13.1 Å². The molecule has 0 unspecified atom stereocenters. The van der Waals surface area contributed by atoms with Crippen LogP contribution in [0.2, 0.25) is 0 Å². The van der Waals surface area contributed by atoms with Crippen LogP contribution in [0.3, 0.4) is 0 Å². The highest BCUT2D eigenvalue weighted by Crippen LogP contribution is 2.02. The second-order valence-corrected chi connectivity index (χ2v) is 3.95. The van der Waals surface area contributed by atoms with Gasteiger partial charge in [-0.15, -0.1) is 0 Å². The summed E-state index contributed by atoms with van der Waals surface area (Å²) in [6.45, 7) is -0.596. The molecule has 0 saturated heterocycles. The maximum atomic E-state index is 11.5. The van der Waals surface area contributed by atoms with E-state index in [1.807, 2.05) is 6.07 Å². The molecule has 0 heterocycles. The number of carbonyl (C=O) groups excluding carboxylic acids is 2. The van der Waals surface area contributed by atoms with Gasteiger partial charge >= 0.3 is 12.1 Å². The summed E-state index contributed by atoms with van der Waals surface area (Å²) in [6.07, 6.45) is -1.64. The van der Waals surface area contributed by atoms with Crippen LogP contribution in [0.4, 0.5) is 4.79 Å². The van der Waals surface area contributed by atoms with Crippen molar-refractivity contribution in [3.8, 4) is 0 Å². The fourth-order valence-electron chi connectivity index (χ4n) is 1.43. The molecular weight excluding hydrogens is 264 g/mol. The van der Waals surface area contributed by atoms with Gasteiger partial charge in [-0.1, -0.05) is 30.3 Å². The molecule has 0 spiro atoms. The zero-order chi connectivity index (χ0) is 15.0. The molecule has 20 heavy (non-hydrogen) atoms. The summed E-state index contributed by atoms with van der Waals surface area (Å²) in [7, 11) is 0. The smallest absolute Gasteiger partial charge is 0.414 e. The van der Waals surface area contributed by atoms with Crippen molar-refractivity contribution in [3.05, 3.63) is 35.9 Å². The second-order valence-electron chi connectivity index (χ2n) is 3.95. The van der Waals surface area contributed by atoms with E-state index in [-0.39, 0.29) is 19.6 Å². The minimum atomic E-state index is -1.50. The Morgan fingerprint density at radius 2 is 1.85 bits per heavy atom. The normalized spacial score (nSPS) is 9.85. The van der Waals surface area contributed by atoms with Crippen molar-refractivity contribution >= 4 is 18.0 Å². The molecule has 2 amide bonds. The number of carbonyl (C=O) groups is 3. The van der Waals surface area contributed by atoms with E-state index in [4.69, 9.17) is 15.6 Å². The molecule has 0 atom stereocenters. The summed E-state index contributed by atoms with van der Waals surface area (Å²) in [4.78, 5) is 34.3. The van der Waals surface area contributed by atoms with Gasteiger partial charge in [0, 0.05) is 13.0 Å². The monoisotopic (exact) mass is 280 g/mol. The molecule has 0 fully saturated rings. The number of nitrogens with two attached hydrogens (primary N) is 1. The molecule has 0 bridgehead atoms. The lowest BCUT2D eigenvalue weighted by molar-refractivity contribution is -0.149. The molecule has 1 aromatic carbocycles. The number of rotatable bonds is 6. The number of imide groups is 1. The Kier molecular flexibility index (Phi) is 6.18. The van der Waals surface area contributed by atoms with E-state index in [9.17, 15) is 14.4 Å². The lowest BCUT2D eigenvalue weighted by Gasteiger charge is -2.16. The van der Waals surface area contributed by atoms with E-state index < -0.39 is 24.5 Å². The van der Waals surface area contributed by atoms with Crippen molar-refractivity contribution in [2.45, 2.75) is 13.0 Å². The van der Waals surface area contributed by atoms with Gasteiger partial charge in [0.2, 0.25) is 5.91 Å². The van der Waals surface area contributed by atoms with Gasteiger partial charge in [0.15, 0.2) is 0 Å². The topological polar surface area (TPSA) is 110 Å². The van der Waals surface area contributed by atoms with Gasteiger partial charge in [0.05, 0.1) is 0 Å². The number of hydrogen-bond acceptors (Lipinski definition) is 5. The number of hydrogen-bond donors (Lipinski definition) is 2. The van der Waals surface area contributed by atoms with E-state index in [1.54, 1.807) is 24.3 Å². The molecule has 0 radical (unpaired) electrons. The average molecular weight is 280 g/mol. The maximum Gasteiger partial charge on any atom is 0.414 e. The van der Waals surface area contributed by atoms with Gasteiger partial charge in [0.1, 0.15) is 13.2 Å². The first kappa shape index (κ1) is 15.6. The molecule has 0 aromatic heterocycles. The van der Waals surface area contributed by atoms with Crippen molar-refractivity contribution in [1.29, 1.82) is 0 Å². The molecule has 0 aliphatic rings. The van der Waals surface area contributed by atoms with Crippen molar-refractivity contribution in [3.63, 3.8) is 0 Å². The van der Waals surface area contributed by atoms with Gasteiger partial charge in [-0.25, -0.2) is 9.69 Å². The number of benzene rings is 1. The largest absolute Gasteiger partial charge is 0.465 e. The standard InChI is InChI=1S/C13H16N2O5/c14-7-6-11(16)15(13(18)19)8-12(17)20-9-10-4-2-1-3-5-10/h1-5H,6-9,14H2,(H,18,19). The summed E-state index contributed by atoms with van der Waals surface area (Å²) in [5.74, 6) is -1.52. The first-order valence-electron chi connectivity index (χ1n) is 5.97. The summed E-state index contributed by atoms with van der Waals surface area (Å²) < 4.78 is 4.91. The summed E-state index contributed by atoms with van der Waals surface area (Å²) in [6, 6.07) is 8.93. The third-order valence-corrected chi connectivity index (χ3v) is 2.42. The molecule has 1 aromatic rings. The van der Waals surface area contributed by atoms with Crippen LogP contribution in [-0.2, 0) is 20.9 Å². The van der Waals surface area contributed by atoms with Gasteiger partial charge in [-0.05, 0) is 5.56 Å². The van der Waals surface area contributed by atoms with Crippen LogP contribution in [-0.4, -0.2) is 41.1 Å². The van der Waals surface area contributed by atoms with Gasteiger partial charge in [-0.2, -0.15) is 0 Å². The van der Waals surface area contributed by atoms with Crippen LogP contribution < -0.4 is 5.73 Å². The first-order chi connectivity index (χ1) is 9.54. The van der Waals surface area contributed by atoms with E-state index in [1.165, 1.54) is 0 Å². The molecule has 0 aliphatic heterocycles. The molecule has 7 nitrogen and oxygen atoms in total. The molecule has 0 saturated carbocycles. The van der Waals surface area contributed by atoms with Crippen LogP contribution in [0, 0.1) is 0 Å². The fraction of sp³-hybridized carbons (Fsp3) is 0.308. The number of ether oxygens (including phenoxy) is 1. The van der Waals surface area contributed by atoms with Crippen molar-refractivity contribution < 1.29 is 24.2 Å². The van der Waals surface area contributed by atoms with E-state index >= 15 is 0 Å². The first-order valence-corrected chi connectivity index (χ1v) is 5.97. The highest BCUT2D eigenvalue weighted by atomic mass is 16.5. The van der Waals surface area contributed by atoms with Gasteiger partial charge in [-0.3, -0.25) is 9.59 Å². The second kappa shape index (κ2) is 7.90. The molecular formula is C13H16N2O5.